The van der Waals surface area contributed by atoms with Gasteiger partial charge in [0.1, 0.15) is 0 Å². The van der Waals surface area contributed by atoms with Gasteiger partial charge in [0.15, 0.2) is 0 Å². The van der Waals surface area contributed by atoms with Crippen molar-refractivity contribution in [3.05, 3.63) is 35.9 Å². The molecule has 0 aromatic heterocycles. The van der Waals surface area contributed by atoms with E-state index in [1.807, 2.05) is 37.3 Å². The predicted octanol–water partition coefficient (Wildman–Crippen LogP) is 1.99. The standard InChI is InChI=1S/C13H20O3/c1-11(14)12(2)16-9-8-15-10-13-6-4-3-5-7-13/h3-7,11-12,14H,8-10H2,1-2H3. The van der Waals surface area contributed by atoms with Crippen LogP contribution in [0, 0.1) is 0 Å². The largest absolute Gasteiger partial charge is 0.391 e. The molecule has 0 aliphatic heterocycles. The molecule has 1 aromatic rings. The molecule has 3 heteroatoms. The predicted molar refractivity (Wildman–Crippen MR) is 63.2 cm³/mol. The minimum Gasteiger partial charge on any atom is -0.391 e. The highest BCUT2D eigenvalue weighted by Gasteiger charge is 2.07. The summed E-state index contributed by atoms with van der Waals surface area (Å²) in [5.74, 6) is 0. The summed E-state index contributed by atoms with van der Waals surface area (Å²) in [6.45, 7) is 5.23. The van der Waals surface area contributed by atoms with Gasteiger partial charge in [-0.1, -0.05) is 30.3 Å². The maximum Gasteiger partial charge on any atom is 0.0804 e. The lowest BCUT2D eigenvalue weighted by molar-refractivity contribution is -0.0427. The summed E-state index contributed by atoms with van der Waals surface area (Å²) < 4.78 is 10.8. The van der Waals surface area contributed by atoms with E-state index in [1.54, 1.807) is 6.92 Å². The van der Waals surface area contributed by atoms with E-state index in [4.69, 9.17) is 9.47 Å². The van der Waals surface area contributed by atoms with Crippen molar-refractivity contribution in [1.29, 1.82) is 0 Å². The number of aliphatic hydroxyl groups excluding tert-OH is 1. The zero-order valence-corrected chi connectivity index (χ0v) is 9.93. The van der Waals surface area contributed by atoms with E-state index in [9.17, 15) is 5.11 Å². The summed E-state index contributed by atoms with van der Waals surface area (Å²) in [7, 11) is 0. The van der Waals surface area contributed by atoms with E-state index in [0.717, 1.165) is 5.56 Å². The quantitative estimate of drug-likeness (QED) is 0.720. The Hall–Kier alpha value is -0.900. The van der Waals surface area contributed by atoms with Crippen molar-refractivity contribution in [3.8, 4) is 0 Å². The number of benzene rings is 1. The van der Waals surface area contributed by atoms with Crippen LogP contribution in [0.3, 0.4) is 0 Å². The molecule has 0 spiro atoms. The molecule has 0 radical (unpaired) electrons. The Morgan fingerprint density at radius 1 is 1.12 bits per heavy atom. The van der Waals surface area contributed by atoms with Gasteiger partial charge >= 0.3 is 0 Å². The first-order valence-electron chi connectivity index (χ1n) is 5.61. The van der Waals surface area contributed by atoms with Crippen LogP contribution >= 0.6 is 0 Å². The zero-order chi connectivity index (χ0) is 11.8. The summed E-state index contributed by atoms with van der Waals surface area (Å²) in [4.78, 5) is 0. The minimum atomic E-state index is -0.436. The fraction of sp³-hybridized carbons (Fsp3) is 0.538. The van der Waals surface area contributed by atoms with Crippen LogP contribution < -0.4 is 0 Å². The van der Waals surface area contributed by atoms with Crippen molar-refractivity contribution in [2.45, 2.75) is 32.7 Å². The molecule has 1 rings (SSSR count). The third-order valence-corrected chi connectivity index (χ3v) is 2.40. The SMILES string of the molecule is CC(O)C(C)OCCOCc1ccccc1. The van der Waals surface area contributed by atoms with Crippen LogP contribution in [-0.2, 0) is 16.1 Å². The van der Waals surface area contributed by atoms with Crippen LogP contribution in [0.5, 0.6) is 0 Å². The van der Waals surface area contributed by atoms with Gasteiger partial charge in [0.25, 0.3) is 0 Å². The molecule has 0 saturated heterocycles. The molecule has 0 aliphatic rings. The normalized spacial score (nSPS) is 14.7. The molecular weight excluding hydrogens is 204 g/mol. The van der Waals surface area contributed by atoms with Crippen molar-refractivity contribution < 1.29 is 14.6 Å². The average Bonchev–Trinajstić information content (AvgIpc) is 2.29. The molecule has 1 aromatic carbocycles. The smallest absolute Gasteiger partial charge is 0.0804 e. The van der Waals surface area contributed by atoms with E-state index in [2.05, 4.69) is 0 Å². The van der Waals surface area contributed by atoms with Crippen molar-refractivity contribution >= 4 is 0 Å². The molecule has 1 N–H and O–H groups in total. The van der Waals surface area contributed by atoms with Gasteiger partial charge in [-0.25, -0.2) is 0 Å². The zero-order valence-electron chi connectivity index (χ0n) is 9.93. The second-order valence-electron chi connectivity index (χ2n) is 3.85. The number of aliphatic hydroxyl groups is 1. The van der Waals surface area contributed by atoms with E-state index >= 15 is 0 Å². The summed E-state index contributed by atoms with van der Waals surface area (Å²) in [6, 6.07) is 10.0. The van der Waals surface area contributed by atoms with Crippen LogP contribution in [0.2, 0.25) is 0 Å². The molecule has 0 fully saturated rings. The highest BCUT2D eigenvalue weighted by Crippen LogP contribution is 2.01. The average molecular weight is 224 g/mol. The van der Waals surface area contributed by atoms with Gasteiger partial charge in [0, 0.05) is 0 Å². The fourth-order valence-corrected chi connectivity index (χ4v) is 1.20. The maximum atomic E-state index is 9.19. The van der Waals surface area contributed by atoms with Gasteiger partial charge in [-0.15, -0.1) is 0 Å². The summed E-state index contributed by atoms with van der Waals surface area (Å²) in [6.07, 6.45) is -0.575. The Labute approximate surface area is 97.0 Å². The maximum absolute atomic E-state index is 9.19. The second kappa shape index (κ2) is 7.39. The van der Waals surface area contributed by atoms with Gasteiger partial charge in [-0.3, -0.25) is 0 Å². The molecule has 2 atom stereocenters. The van der Waals surface area contributed by atoms with Crippen LogP contribution in [0.25, 0.3) is 0 Å². The number of rotatable bonds is 7. The van der Waals surface area contributed by atoms with Crippen LogP contribution in [0.1, 0.15) is 19.4 Å². The Morgan fingerprint density at radius 3 is 2.44 bits per heavy atom. The lowest BCUT2D eigenvalue weighted by Gasteiger charge is -2.15. The van der Waals surface area contributed by atoms with Gasteiger partial charge in [0.2, 0.25) is 0 Å². The number of hydrogen-bond donors (Lipinski definition) is 1. The van der Waals surface area contributed by atoms with Crippen molar-refractivity contribution in [2.75, 3.05) is 13.2 Å². The van der Waals surface area contributed by atoms with E-state index in [0.29, 0.717) is 19.8 Å². The molecule has 0 heterocycles. The third-order valence-electron chi connectivity index (χ3n) is 2.40. The first-order valence-corrected chi connectivity index (χ1v) is 5.61. The van der Waals surface area contributed by atoms with E-state index < -0.39 is 6.10 Å². The molecule has 0 bridgehead atoms. The van der Waals surface area contributed by atoms with Crippen molar-refractivity contribution in [2.24, 2.45) is 0 Å². The Kier molecular flexibility index (Phi) is 6.08. The lowest BCUT2D eigenvalue weighted by atomic mass is 10.2. The molecule has 0 saturated carbocycles. The Bertz CT molecular complexity index is 272. The molecule has 3 nitrogen and oxygen atoms in total. The number of ether oxygens (including phenoxy) is 2. The Balaban J connectivity index is 2.04. The highest BCUT2D eigenvalue weighted by atomic mass is 16.5. The highest BCUT2D eigenvalue weighted by molar-refractivity contribution is 5.13. The second-order valence-corrected chi connectivity index (χ2v) is 3.85. The first kappa shape index (κ1) is 13.2. The van der Waals surface area contributed by atoms with Gasteiger partial charge in [-0.05, 0) is 19.4 Å². The van der Waals surface area contributed by atoms with E-state index in [-0.39, 0.29) is 6.10 Å². The summed E-state index contributed by atoms with van der Waals surface area (Å²) >= 11 is 0. The third kappa shape index (κ3) is 5.26. The fourth-order valence-electron chi connectivity index (χ4n) is 1.20. The molecule has 90 valence electrons. The topological polar surface area (TPSA) is 38.7 Å². The van der Waals surface area contributed by atoms with Crippen LogP contribution in [-0.4, -0.2) is 30.5 Å². The van der Waals surface area contributed by atoms with E-state index in [1.165, 1.54) is 0 Å². The first-order chi connectivity index (χ1) is 7.70. The van der Waals surface area contributed by atoms with Crippen LogP contribution in [0.15, 0.2) is 30.3 Å². The number of hydrogen-bond acceptors (Lipinski definition) is 3. The molecular formula is C13H20O3. The van der Waals surface area contributed by atoms with Crippen molar-refractivity contribution in [3.63, 3.8) is 0 Å². The molecule has 16 heavy (non-hydrogen) atoms. The summed E-state index contributed by atoms with van der Waals surface area (Å²) in [5.41, 5.74) is 1.16. The minimum absolute atomic E-state index is 0.139. The lowest BCUT2D eigenvalue weighted by Crippen LogP contribution is -2.24. The Morgan fingerprint density at radius 2 is 1.81 bits per heavy atom. The molecule has 2 unspecified atom stereocenters. The molecule has 0 aliphatic carbocycles. The summed E-state index contributed by atoms with van der Waals surface area (Å²) in [5, 5.41) is 9.19. The van der Waals surface area contributed by atoms with Crippen LogP contribution in [0.4, 0.5) is 0 Å². The van der Waals surface area contributed by atoms with Gasteiger partial charge < -0.3 is 14.6 Å². The molecule has 0 amide bonds. The monoisotopic (exact) mass is 224 g/mol. The van der Waals surface area contributed by atoms with Crippen molar-refractivity contribution in [1.82, 2.24) is 0 Å². The van der Waals surface area contributed by atoms with Gasteiger partial charge in [-0.2, -0.15) is 0 Å². The van der Waals surface area contributed by atoms with Gasteiger partial charge in [0.05, 0.1) is 32.0 Å².